The Morgan fingerprint density at radius 2 is 1.89 bits per heavy atom. The number of nitrogens with zero attached hydrogens (tertiary/aromatic N) is 5. The fraction of sp³-hybridized carbons (Fsp3) is 0.333. The molecule has 6 heteroatoms. The molecule has 3 heterocycles. The molecular formula is C21H19N5O. The summed E-state index contributed by atoms with van der Waals surface area (Å²) in [5.74, 6) is 2.70. The highest BCUT2D eigenvalue weighted by atomic mass is 16.4. The number of anilines is 1. The standard InChI is InChI=1S/C21H19N5O/c22-13-15-6-7-18(23-14-15)26-10-8-21(9-11-26)12-17(21)20-25-24-19(27-20)16-4-2-1-3-5-16/h1-7,14,17H,8-12H2/t17-/m0/s1. The van der Waals surface area contributed by atoms with E-state index in [0.717, 1.165) is 49.6 Å². The average Bonchev–Trinajstić information content (AvgIpc) is 3.21. The Morgan fingerprint density at radius 1 is 1.07 bits per heavy atom. The summed E-state index contributed by atoms with van der Waals surface area (Å²) in [5, 5.41) is 17.5. The Labute approximate surface area is 157 Å². The number of benzene rings is 1. The van der Waals surface area contributed by atoms with Gasteiger partial charge in [0.15, 0.2) is 0 Å². The van der Waals surface area contributed by atoms with E-state index in [0.29, 0.717) is 22.8 Å². The van der Waals surface area contributed by atoms with E-state index in [1.807, 2.05) is 42.5 Å². The third kappa shape index (κ3) is 2.85. The summed E-state index contributed by atoms with van der Waals surface area (Å²) >= 11 is 0. The zero-order valence-corrected chi connectivity index (χ0v) is 14.9. The van der Waals surface area contributed by atoms with Crippen LogP contribution >= 0.6 is 0 Å². The van der Waals surface area contributed by atoms with Crippen LogP contribution in [-0.2, 0) is 0 Å². The highest BCUT2D eigenvalue weighted by Gasteiger charge is 2.58. The lowest BCUT2D eigenvalue weighted by Gasteiger charge is -2.33. The molecule has 1 saturated heterocycles. The summed E-state index contributed by atoms with van der Waals surface area (Å²) in [5.41, 5.74) is 1.86. The largest absolute Gasteiger partial charge is 0.420 e. The first kappa shape index (κ1) is 16.0. The second-order valence-corrected chi connectivity index (χ2v) is 7.43. The van der Waals surface area contributed by atoms with Gasteiger partial charge in [-0.25, -0.2) is 4.98 Å². The first-order chi connectivity index (χ1) is 13.3. The molecule has 0 bridgehead atoms. The summed E-state index contributed by atoms with van der Waals surface area (Å²) in [7, 11) is 0. The number of rotatable bonds is 3. The number of hydrogen-bond donors (Lipinski definition) is 0. The van der Waals surface area contributed by atoms with Crippen molar-refractivity contribution in [3.8, 4) is 17.5 Å². The van der Waals surface area contributed by atoms with Crippen molar-refractivity contribution in [2.45, 2.75) is 25.2 Å². The van der Waals surface area contributed by atoms with Crippen LogP contribution in [0.2, 0.25) is 0 Å². The van der Waals surface area contributed by atoms with Crippen molar-refractivity contribution in [1.29, 1.82) is 5.26 Å². The molecule has 6 nitrogen and oxygen atoms in total. The summed E-state index contributed by atoms with van der Waals surface area (Å²) in [4.78, 5) is 6.71. The highest BCUT2D eigenvalue weighted by Crippen LogP contribution is 2.64. The van der Waals surface area contributed by atoms with E-state index >= 15 is 0 Å². The smallest absolute Gasteiger partial charge is 0.247 e. The third-order valence-corrected chi connectivity index (χ3v) is 5.91. The number of pyridine rings is 1. The molecule has 1 spiro atoms. The second kappa shape index (κ2) is 6.20. The van der Waals surface area contributed by atoms with Crippen molar-refractivity contribution < 1.29 is 4.42 Å². The summed E-state index contributed by atoms with van der Waals surface area (Å²) in [6.45, 7) is 1.93. The van der Waals surface area contributed by atoms with Gasteiger partial charge in [0.25, 0.3) is 0 Å². The summed E-state index contributed by atoms with van der Waals surface area (Å²) < 4.78 is 5.98. The van der Waals surface area contributed by atoms with Gasteiger partial charge in [0.05, 0.1) is 5.56 Å². The third-order valence-electron chi connectivity index (χ3n) is 5.91. The molecule has 3 aromatic rings. The molecule has 0 unspecified atom stereocenters. The van der Waals surface area contributed by atoms with Gasteiger partial charge in [-0.05, 0) is 48.9 Å². The van der Waals surface area contributed by atoms with Gasteiger partial charge >= 0.3 is 0 Å². The van der Waals surface area contributed by atoms with Gasteiger partial charge in [-0.3, -0.25) is 0 Å². The minimum atomic E-state index is 0.295. The molecular weight excluding hydrogens is 338 g/mol. The van der Waals surface area contributed by atoms with E-state index < -0.39 is 0 Å². The molecule has 2 aromatic heterocycles. The van der Waals surface area contributed by atoms with E-state index in [1.54, 1.807) is 6.20 Å². The Hall–Kier alpha value is -3.20. The SMILES string of the molecule is N#Cc1ccc(N2CCC3(CC2)C[C@H]3c2nnc(-c3ccccc3)o2)nc1. The van der Waals surface area contributed by atoms with Gasteiger partial charge in [-0.15, -0.1) is 10.2 Å². The van der Waals surface area contributed by atoms with E-state index in [2.05, 4.69) is 26.2 Å². The van der Waals surface area contributed by atoms with E-state index in [9.17, 15) is 0 Å². The molecule has 27 heavy (non-hydrogen) atoms. The van der Waals surface area contributed by atoms with Crippen LogP contribution < -0.4 is 4.90 Å². The van der Waals surface area contributed by atoms with Crippen LogP contribution in [0.5, 0.6) is 0 Å². The number of nitriles is 1. The van der Waals surface area contributed by atoms with Crippen LogP contribution in [0.3, 0.4) is 0 Å². The Kier molecular flexibility index (Phi) is 3.68. The minimum absolute atomic E-state index is 0.295. The molecule has 2 aliphatic rings. The first-order valence-electron chi connectivity index (χ1n) is 9.27. The summed E-state index contributed by atoms with van der Waals surface area (Å²) in [6, 6.07) is 15.8. The Bertz CT molecular complexity index is 981. The predicted octanol–water partition coefficient (Wildman–Crippen LogP) is 3.78. The molecule has 1 aliphatic carbocycles. The van der Waals surface area contributed by atoms with Crippen molar-refractivity contribution in [3.63, 3.8) is 0 Å². The van der Waals surface area contributed by atoms with Crippen molar-refractivity contribution in [1.82, 2.24) is 15.2 Å². The lowest BCUT2D eigenvalue weighted by molar-refractivity contribution is 0.352. The van der Waals surface area contributed by atoms with Gasteiger partial charge in [-0.2, -0.15) is 5.26 Å². The van der Waals surface area contributed by atoms with Crippen LogP contribution in [0, 0.1) is 16.7 Å². The maximum atomic E-state index is 8.90. The fourth-order valence-corrected chi connectivity index (χ4v) is 4.14. The Balaban J connectivity index is 1.25. The van der Waals surface area contributed by atoms with Gasteiger partial charge in [-0.1, -0.05) is 18.2 Å². The van der Waals surface area contributed by atoms with E-state index in [-0.39, 0.29) is 0 Å². The number of piperidine rings is 1. The van der Waals surface area contributed by atoms with Crippen molar-refractivity contribution in [2.24, 2.45) is 5.41 Å². The van der Waals surface area contributed by atoms with Crippen LogP contribution in [0.15, 0.2) is 53.1 Å². The zero-order chi connectivity index (χ0) is 18.3. The monoisotopic (exact) mass is 357 g/mol. The fourth-order valence-electron chi connectivity index (χ4n) is 4.14. The van der Waals surface area contributed by atoms with E-state index in [4.69, 9.17) is 9.68 Å². The molecule has 0 amide bonds. The quantitative estimate of drug-likeness (QED) is 0.710. The summed E-state index contributed by atoms with van der Waals surface area (Å²) in [6.07, 6.45) is 4.96. The normalized spacial score (nSPS) is 20.4. The van der Waals surface area contributed by atoms with Crippen molar-refractivity contribution in [2.75, 3.05) is 18.0 Å². The molecule has 134 valence electrons. The average molecular weight is 357 g/mol. The molecule has 1 atom stereocenters. The zero-order valence-electron chi connectivity index (χ0n) is 14.9. The van der Waals surface area contributed by atoms with E-state index in [1.165, 1.54) is 0 Å². The van der Waals surface area contributed by atoms with Gasteiger partial charge in [0.2, 0.25) is 11.8 Å². The van der Waals surface area contributed by atoms with Crippen molar-refractivity contribution in [3.05, 3.63) is 60.1 Å². The molecule has 0 radical (unpaired) electrons. The Morgan fingerprint density at radius 3 is 2.59 bits per heavy atom. The number of hydrogen-bond acceptors (Lipinski definition) is 6. The lowest BCUT2D eigenvalue weighted by Crippen LogP contribution is -2.35. The molecule has 1 saturated carbocycles. The predicted molar refractivity (Wildman–Crippen MR) is 99.9 cm³/mol. The van der Waals surface area contributed by atoms with Gasteiger partial charge in [0, 0.05) is 30.8 Å². The topological polar surface area (TPSA) is 78.8 Å². The van der Waals surface area contributed by atoms with Crippen LogP contribution in [-0.4, -0.2) is 28.3 Å². The van der Waals surface area contributed by atoms with Crippen LogP contribution in [0.4, 0.5) is 5.82 Å². The van der Waals surface area contributed by atoms with Crippen LogP contribution in [0.25, 0.3) is 11.5 Å². The molecule has 2 fully saturated rings. The van der Waals surface area contributed by atoms with Crippen LogP contribution in [0.1, 0.15) is 36.6 Å². The molecule has 5 rings (SSSR count). The molecule has 1 aromatic carbocycles. The number of aromatic nitrogens is 3. The van der Waals surface area contributed by atoms with Gasteiger partial charge < -0.3 is 9.32 Å². The lowest BCUT2D eigenvalue weighted by atomic mass is 9.91. The van der Waals surface area contributed by atoms with Gasteiger partial charge in [0.1, 0.15) is 11.9 Å². The second-order valence-electron chi connectivity index (χ2n) is 7.43. The first-order valence-corrected chi connectivity index (χ1v) is 9.27. The molecule has 1 aliphatic heterocycles. The molecule has 0 N–H and O–H groups in total. The maximum Gasteiger partial charge on any atom is 0.247 e. The maximum absolute atomic E-state index is 8.90. The van der Waals surface area contributed by atoms with Crippen molar-refractivity contribution >= 4 is 5.82 Å². The minimum Gasteiger partial charge on any atom is -0.420 e. The highest BCUT2D eigenvalue weighted by molar-refractivity contribution is 5.52.